The molecule has 0 aliphatic carbocycles. The summed E-state index contributed by atoms with van der Waals surface area (Å²) in [5, 5.41) is 19.0. The second kappa shape index (κ2) is 2.98. The van der Waals surface area contributed by atoms with Gasteiger partial charge in [0, 0.05) is 0 Å². The van der Waals surface area contributed by atoms with Gasteiger partial charge in [0.1, 0.15) is 0 Å². The molecule has 62 valence electrons. The first-order chi connectivity index (χ1) is 5.11. The molecule has 0 amide bonds. The number of hydrogen-bond donors (Lipinski definition) is 2. The van der Waals surface area contributed by atoms with Crippen LogP contribution < -0.4 is 5.06 Å². The molecule has 2 unspecified atom stereocenters. The Morgan fingerprint density at radius 2 is 2.36 bits per heavy atom. The number of aliphatic carboxylic acids is 1. The van der Waals surface area contributed by atoms with E-state index in [2.05, 4.69) is 0 Å². The Kier molecular flexibility index (Phi) is 2.21. The number of hydrogen-bond acceptors (Lipinski definition) is 3. The van der Waals surface area contributed by atoms with Crippen LogP contribution >= 0.6 is 0 Å². The Morgan fingerprint density at radius 3 is 2.82 bits per heavy atom. The molecule has 1 rings (SSSR count). The fourth-order valence-electron chi connectivity index (χ4n) is 1.11. The topological polar surface area (TPSA) is 81.9 Å². The second-order valence-corrected chi connectivity index (χ2v) is 2.60. The zero-order valence-corrected chi connectivity index (χ0v) is 5.87. The Balaban J connectivity index is 2.61. The quantitative estimate of drug-likeness (QED) is 0.344. The van der Waals surface area contributed by atoms with Crippen LogP contribution in [0.25, 0.3) is 0 Å². The van der Waals surface area contributed by atoms with Crippen LogP contribution in [0.2, 0.25) is 0 Å². The van der Waals surface area contributed by atoms with Crippen molar-refractivity contribution in [2.24, 2.45) is 5.92 Å². The summed E-state index contributed by atoms with van der Waals surface area (Å²) in [5.41, 5.74) is 0. The van der Waals surface area contributed by atoms with Gasteiger partial charge in [-0.05, 0) is 0 Å². The highest BCUT2D eigenvalue weighted by Crippen LogP contribution is 2.02. The van der Waals surface area contributed by atoms with Crippen LogP contribution in [0.15, 0.2) is 0 Å². The van der Waals surface area contributed by atoms with E-state index < -0.39 is 11.9 Å². The number of carbonyl (C=O) groups is 2. The average Bonchev–Trinajstić information content (AvgIpc) is 1.94. The number of quaternary nitrogens is 1. The van der Waals surface area contributed by atoms with E-state index in [4.69, 9.17) is 5.11 Å². The predicted molar refractivity (Wildman–Crippen MR) is 34.8 cm³/mol. The summed E-state index contributed by atoms with van der Waals surface area (Å²) < 4.78 is 0. The lowest BCUT2D eigenvalue weighted by atomic mass is 9.98. The van der Waals surface area contributed by atoms with Gasteiger partial charge < -0.3 is 15.4 Å². The van der Waals surface area contributed by atoms with Gasteiger partial charge >= 0.3 is 5.97 Å². The van der Waals surface area contributed by atoms with Gasteiger partial charge in [-0.2, -0.15) is 0 Å². The first-order valence-corrected chi connectivity index (χ1v) is 3.38. The number of nitrogens with one attached hydrogen (secondary N) is 1. The fourth-order valence-corrected chi connectivity index (χ4v) is 1.11. The summed E-state index contributed by atoms with van der Waals surface area (Å²) in [5.74, 6) is -2.57. The minimum Gasteiger partial charge on any atom is -0.634 e. The number of ketones is 1. The molecule has 0 bridgehead atoms. The van der Waals surface area contributed by atoms with Crippen LogP contribution in [0.4, 0.5) is 0 Å². The van der Waals surface area contributed by atoms with E-state index in [0.29, 0.717) is 0 Å². The van der Waals surface area contributed by atoms with Crippen molar-refractivity contribution in [2.75, 3.05) is 13.1 Å². The van der Waals surface area contributed by atoms with Crippen LogP contribution in [0.5, 0.6) is 0 Å². The summed E-state index contributed by atoms with van der Waals surface area (Å²) in [6.07, 6.45) is 0.0931. The maximum absolute atomic E-state index is 10.8. The van der Waals surface area contributed by atoms with Crippen LogP contribution in [0, 0.1) is 11.1 Å². The number of carbonyl (C=O) groups excluding carboxylic acids is 1. The molecule has 5 heteroatoms. The first kappa shape index (κ1) is 8.16. The molecule has 0 radical (unpaired) electrons. The van der Waals surface area contributed by atoms with Crippen LogP contribution in [-0.4, -0.2) is 29.9 Å². The first-order valence-electron chi connectivity index (χ1n) is 3.38. The number of Topliss-reactive ketones (excluding diaryl/α,β-unsaturated/α-hetero) is 1. The molecular formula is C6H9NO4. The highest BCUT2D eigenvalue weighted by atomic mass is 16.5. The van der Waals surface area contributed by atoms with E-state index in [9.17, 15) is 14.8 Å². The van der Waals surface area contributed by atoms with Crippen molar-refractivity contribution in [3.63, 3.8) is 0 Å². The van der Waals surface area contributed by atoms with Crippen LogP contribution in [-0.2, 0) is 9.59 Å². The number of carboxylic acid groups (broad SMARTS) is 1. The molecule has 0 spiro atoms. The summed E-state index contributed by atoms with van der Waals surface area (Å²) in [7, 11) is 0. The largest absolute Gasteiger partial charge is 0.634 e. The molecule has 1 aliphatic rings. The van der Waals surface area contributed by atoms with Crippen molar-refractivity contribution in [3.8, 4) is 0 Å². The zero-order valence-electron chi connectivity index (χ0n) is 5.87. The van der Waals surface area contributed by atoms with Gasteiger partial charge in [0.2, 0.25) is 0 Å². The Labute approximate surface area is 63.2 Å². The van der Waals surface area contributed by atoms with Crippen molar-refractivity contribution in [2.45, 2.75) is 6.42 Å². The SMILES string of the molecule is O=C(O)C1C[NH+]([O-])CCC1=O. The highest BCUT2D eigenvalue weighted by molar-refractivity contribution is 5.98. The zero-order chi connectivity index (χ0) is 8.43. The van der Waals surface area contributed by atoms with E-state index in [0.717, 1.165) is 0 Å². The molecule has 1 fully saturated rings. The fraction of sp³-hybridized carbons (Fsp3) is 0.667. The predicted octanol–water partition coefficient (Wildman–Crippen LogP) is -1.96. The third-order valence-electron chi connectivity index (χ3n) is 1.77. The van der Waals surface area contributed by atoms with Gasteiger partial charge in [-0.15, -0.1) is 0 Å². The Hall–Kier alpha value is -0.940. The molecule has 11 heavy (non-hydrogen) atoms. The summed E-state index contributed by atoms with van der Waals surface area (Å²) >= 11 is 0. The number of rotatable bonds is 1. The minimum absolute atomic E-state index is 0.0931. The van der Waals surface area contributed by atoms with Crippen molar-refractivity contribution >= 4 is 11.8 Å². The van der Waals surface area contributed by atoms with E-state index in [1.165, 1.54) is 0 Å². The van der Waals surface area contributed by atoms with E-state index in [1.807, 2.05) is 0 Å². The molecule has 5 nitrogen and oxygen atoms in total. The molecule has 1 saturated heterocycles. The smallest absolute Gasteiger partial charge is 0.319 e. The van der Waals surface area contributed by atoms with Gasteiger partial charge in [-0.1, -0.05) is 0 Å². The lowest BCUT2D eigenvalue weighted by molar-refractivity contribution is -0.852. The third kappa shape index (κ3) is 1.75. The van der Waals surface area contributed by atoms with Crippen molar-refractivity contribution in [3.05, 3.63) is 5.21 Å². The summed E-state index contributed by atoms with van der Waals surface area (Å²) in [6, 6.07) is 0. The van der Waals surface area contributed by atoms with Gasteiger partial charge in [0.15, 0.2) is 11.7 Å². The normalized spacial score (nSPS) is 31.9. The molecule has 2 atom stereocenters. The molecule has 0 aromatic heterocycles. The minimum atomic E-state index is -1.18. The summed E-state index contributed by atoms with van der Waals surface area (Å²) in [4.78, 5) is 21.2. The monoisotopic (exact) mass is 159 g/mol. The maximum Gasteiger partial charge on any atom is 0.319 e. The molecular weight excluding hydrogens is 150 g/mol. The molecule has 1 aliphatic heterocycles. The van der Waals surface area contributed by atoms with E-state index >= 15 is 0 Å². The van der Waals surface area contributed by atoms with Gasteiger partial charge in [-0.3, -0.25) is 9.59 Å². The van der Waals surface area contributed by atoms with E-state index in [1.54, 1.807) is 0 Å². The second-order valence-electron chi connectivity index (χ2n) is 2.60. The molecule has 0 saturated carbocycles. The average molecular weight is 159 g/mol. The van der Waals surface area contributed by atoms with Crippen molar-refractivity contribution in [1.29, 1.82) is 0 Å². The number of hydroxylamine groups is 2. The number of carboxylic acids is 1. The highest BCUT2D eigenvalue weighted by Gasteiger charge is 2.32. The van der Waals surface area contributed by atoms with Gasteiger partial charge in [0.25, 0.3) is 0 Å². The van der Waals surface area contributed by atoms with Crippen molar-refractivity contribution in [1.82, 2.24) is 0 Å². The van der Waals surface area contributed by atoms with Gasteiger partial charge in [0.05, 0.1) is 19.5 Å². The molecule has 0 aromatic rings. The molecule has 2 N–H and O–H groups in total. The lowest BCUT2D eigenvalue weighted by Gasteiger charge is -2.28. The Morgan fingerprint density at radius 1 is 1.73 bits per heavy atom. The van der Waals surface area contributed by atoms with E-state index in [-0.39, 0.29) is 30.4 Å². The third-order valence-corrected chi connectivity index (χ3v) is 1.77. The molecule has 0 aromatic carbocycles. The number of piperidine rings is 1. The van der Waals surface area contributed by atoms with Gasteiger partial charge in [-0.25, -0.2) is 0 Å². The maximum atomic E-state index is 10.8. The van der Waals surface area contributed by atoms with Crippen molar-refractivity contribution < 1.29 is 19.8 Å². The Bertz CT molecular complexity index is 191. The van der Waals surface area contributed by atoms with Crippen LogP contribution in [0.1, 0.15) is 6.42 Å². The van der Waals surface area contributed by atoms with Crippen LogP contribution in [0.3, 0.4) is 0 Å². The lowest BCUT2D eigenvalue weighted by Crippen LogP contribution is -3.09. The standard InChI is InChI=1S/C6H9NO4/c8-5-1-2-7(11)3-4(5)6(9)10/h4,7H,1-3H2,(H,9,10). The summed E-state index contributed by atoms with van der Waals surface area (Å²) in [6.45, 7) is 0.0940. The molecule has 1 heterocycles.